The summed E-state index contributed by atoms with van der Waals surface area (Å²) in [5.41, 5.74) is 0. The number of fused-ring (bicyclic) bond motifs is 2. The summed E-state index contributed by atoms with van der Waals surface area (Å²) in [5.74, 6) is 2.72. The highest BCUT2D eigenvalue weighted by atomic mass is 35.5. The monoisotopic (exact) mass is 317 g/mol. The smallest absolute Gasteiger partial charge is 0.276 e. The average molecular weight is 318 g/mol. The predicted octanol–water partition coefficient (Wildman–Crippen LogP) is 3.08. The van der Waals surface area contributed by atoms with E-state index < -0.39 is 10.0 Å². The van der Waals surface area contributed by atoms with E-state index in [0.29, 0.717) is 24.1 Å². The lowest BCUT2D eigenvalue weighted by molar-refractivity contribution is 0.276. The molecule has 2 saturated carbocycles. The molecule has 3 rings (SSSR count). The number of alkyl halides is 1. The highest BCUT2D eigenvalue weighted by molar-refractivity contribution is 7.89. The van der Waals surface area contributed by atoms with Crippen molar-refractivity contribution < 1.29 is 12.8 Å². The third-order valence-electron chi connectivity index (χ3n) is 4.81. The van der Waals surface area contributed by atoms with Crippen molar-refractivity contribution in [3.05, 3.63) is 17.9 Å². The van der Waals surface area contributed by atoms with Gasteiger partial charge in [0.15, 0.2) is 0 Å². The van der Waals surface area contributed by atoms with E-state index in [0.717, 1.165) is 5.92 Å². The second-order valence-electron chi connectivity index (χ2n) is 6.07. The van der Waals surface area contributed by atoms with E-state index in [1.807, 2.05) is 0 Å². The second-order valence-corrected chi connectivity index (χ2v) is 8.32. The molecular weight excluding hydrogens is 298 g/mol. The van der Waals surface area contributed by atoms with Crippen LogP contribution in [0.3, 0.4) is 0 Å². The molecule has 0 saturated heterocycles. The van der Waals surface area contributed by atoms with E-state index in [1.54, 1.807) is 13.1 Å². The van der Waals surface area contributed by atoms with Gasteiger partial charge in [-0.15, -0.1) is 11.6 Å². The number of rotatable bonds is 5. The molecule has 112 valence electrons. The van der Waals surface area contributed by atoms with Gasteiger partial charge in [-0.1, -0.05) is 6.42 Å². The first-order chi connectivity index (χ1) is 9.50. The number of halogens is 1. The van der Waals surface area contributed by atoms with Crippen LogP contribution >= 0.6 is 11.6 Å². The highest BCUT2D eigenvalue weighted by Crippen LogP contribution is 2.48. The van der Waals surface area contributed by atoms with Crippen molar-refractivity contribution in [2.45, 2.75) is 36.7 Å². The van der Waals surface area contributed by atoms with Crippen molar-refractivity contribution in [2.24, 2.45) is 17.8 Å². The van der Waals surface area contributed by atoms with Gasteiger partial charge >= 0.3 is 0 Å². The van der Waals surface area contributed by atoms with Gasteiger partial charge in [-0.25, -0.2) is 8.42 Å². The van der Waals surface area contributed by atoms with Gasteiger partial charge < -0.3 is 4.42 Å². The van der Waals surface area contributed by atoms with Crippen molar-refractivity contribution in [3.8, 4) is 0 Å². The van der Waals surface area contributed by atoms with Crippen molar-refractivity contribution in [2.75, 3.05) is 13.6 Å². The molecule has 0 radical (unpaired) electrons. The molecule has 0 aliphatic heterocycles. The molecule has 0 amide bonds. The Balaban J connectivity index is 1.70. The Morgan fingerprint density at radius 1 is 1.35 bits per heavy atom. The van der Waals surface area contributed by atoms with Crippen LogP contribution in [0.25, 0.3) is 0 Å². The summed E-state index contributed by atoms with van der Waals surface area (Å²) in [6.07, 6.45) is 5.06. The number of furan rings is 1. The van der Waals surface area contributed by atoms with Gasteiger partial charge in [-0.05, 0) is 49.1 Å². The Bertz CT molecular complexity index is 583. The minimum atomic E-state index is -3.52. The molecule has 6 heteroatoms. The zero-order valence-electron chi connectivity index (χ0n) is 11.6. The largest absolute Gasteiger partial charge is 0.447 e. The van der Waals surface area contributed by atoms with Gasteiger partial charge in [0.2, 0.25) is 5.09 Å². The standard InChI is InChI=1S/C14H20ClNO3S/c1-16(9-12-7-10-2-3-11(12)6-10)20(17,18)14-5-4-13(8-15)19-14/h4-5,10-12H,2-3,6-9H2,1H3. The molecule has 0 spiro atoms. The first-order valence-electron chi connectivity index (χ1n) is 7.11. The lowest BCUT2D eigenvalue weighted by Gasteiger charge is -2.26. The fraction of sp³-hybridized carbons (Fsp3) is 0.714. The summed E-state index contributed by atoms with van der Waals surface area (Å²) < 4.78 is 31.6. The van der Waals surface area contributed by atoms with Crippen LogP contribution in [0.4, 0.5) is 0 Å². The molecule has 4 nitrogen and oxygen atoms in total. The number of hydrogen-bond donors (Lipinski definition) is 0. The topological polar surface area (TPSA) is 50.5 Å². The van der Waals surface area contributed by atoms with E-state index in [9.17, 15) is 8.42 Å². The maximum absolute atomic E-state index is 12.4. The molecule has 2 aliphatic rings. The summed E-state index contributed by atoms with van der Waals surface area (Å²) in [6, 6.07) is 3.11. The minimum Gasteiger partial charge on any atom is -0.447 e. The number of nitrogens with zero attached hydrogens (tertiary/aromatic N) is 1. The normalized spacial score (nSPS) is 29.4. The fourth-order valence-electron chi connectivity index (χ4n) is 3.75. The lowest BCUT2D eigenvalue weighted by atomic mass is 9.89. The molecule has 20 heavy (non-hydrogen) atoms. The molecule has 3 atom stereocenters. The molecular formula is C14H20ClNO3S. The van der Waals surface area contributed by atoms with Crippen LogP contribution in [0.15, 0.2) is 21.6 Å². The van der Waals surface area contributed by atoms with E-state index in [-0.39, 0.29) is 11.0 Å². The average Bonchev–Trinajstić information content (AvgIpc) is 3.14. The van der Waals surface area contributed by atoms with Crippen LogP contribution < -0.4 is 0 Å². The SMILES string of the molecule is CN(CC1CC2CCC1C2)S(=O)(=O)c1ccc(CCl)o1. The van der Waals surface area contributed by atoms with Crippen LogP contribution in [0.1, 0.15) is 31.4 Å². The van der Waals surface area contributed by atoms with Crippen molar-refractivity contribution >= 4 is 21.6 Å². The van der Waals surface area contributed by atoms with E-state index in [1.165, 1.54) is 36.1 Å². The molecule has 2 aliphatic carbocycles. The van der Waals surface area contributed by atoms with E-state index in [4.69, 9.17) is 16.0 Å². The summed E-state index contributed by atoms with van der Waals surface area (Å²) in [7, 11) is -1.88. The maximum Gasteiger partial charge on any atom is 0.276 e. The summed E-state index contributed by atoms with van der Waals surface area (Å²) in [6.45, 7) is 0.598. The molecule has 2 bridgehead atoms. The third kappa shape index (κ3) is 2.51. The molecule has 1 aromatic heterocycles. The Hall–Kier alpha value is -0.520. The molecule has 1 aromatic rings. The highest BCUT2D eigenvalue weighted by Gasteiger charge is 2.41. The number of hydrogen-bond acceptors (Lipinski definition) is 3. The Morgan fingerprint density at radius 3 is 2.70 bits per heavy atom. The summed E-state index contributed by atoms with van der Waals surface area (Å²) in [5, 5.41) is -0.00111. The van der Waals surface area contributed by atoms with Crippen molar-refractivity contribution in [3.63, 3.8) is 0 Å². The third-order valence-corrected chi connectivity index (χ3v) is 6.77. The lowest BCUT2D eigenvalue weighted by Crippen LogP contribution is -2.33. The van der Waals surface area contributed by atoms with Crippen LogP contribution in [-0.4, -0.2) is 26.3 Å². The van der Waals surface area contributed by atoms with E-state index in [2.05, 4.69) is 0 Å². The Morgan fingerprint density at radius 2 is 2.15 bits per heavy atom. The summed E-state index contributed by atoms with van der Waals surface area (Å²) in [4.78, 5) is 0. The quantitative estimate of drug-likeness (QED) is 0.784. The van der Waals surface area contributed by atoms with Crippen LogP contribution in [-0.2, 0) is 15.9 Å². The Kier molecular flexibility index (Phi) is 3.86. The summed E-state index contributed by atoms with van der Waals surface area (Å²) >= 11 is 5.65. The van der Waals surface area contributed by atoms with Gasteiger partial charge in [0.1, 0.15) is 5.76 Å². The van der Waals surface area contributed by atoms with Gasteiger partial charge in [0.25, 0.3) is 10.0 Å². The van der Waals surface area contributed by atoms with Crippen molar-refractivity contribution in [1.82, 2.24) is 4.31 Å². The zero-order chi connectivity index (χ0) is 14.3. The van der Waals surface area contributed by atoms with Gasteiger partial charge in [0, 0.05) is 13.6 Å². The van der Waals surface area contributed by atoms with Crippen LogP contribution in [0.2, 0.25) is 0 Å². The zero-order valence-corrected chi connectivity index (χ0v) is 13.2. The van der Waals surface area contributed by atoms with Crippen LogP contribution in [0.5, 0.6) is 0 Å². The first-order valence-corrected chi connectivity index (χ1v) is 9.09. The molecule has 3 unspecified atom stereocenters. The maximum atomic E-state index is 12.4. The Labute approximate surface area is 125 Å². The number of sulfonamides is 1. The first kappa shape index (κ1) is 14.4. The van der Waals surface area contributed by atoms with Gasteiger partial charge in [-0.3, -0.25) is 0 Å². The molecule has 1 heterocycles. The van der Waals surface area contributed by atoms with Gasteiger partial charge in [-0.2, -0.15) is 4.31 Å². The van der Waals surface area contributed by atoms with Gasteiger partial charge in [0.05, 0.1) is 5.88 Å². The van der Waals surface area contributed by atoms with Crippen LogP contribution in [0, 0.1) is 17.8 Å². The predicted molar refractivity (Wildman–Crippen MR) is 77.0 cm³/mol. The molecule has 2 fully saturated rings. The molecule has 0 N–H and O–H groups in total. The van der Waals surface area contributed by atoms with E-state index >= 15 is 0 Å². The van der Waals surface area contributed by atoms with Crippen molar-refractivity contribution in [1.29, 1.82) is 0 Å². The second kappa shape index (κ2) is 5.35. The molecule has 0 aromatic carbocycles. The minimum absolute atomic E-state index is 0.00111. The fourth-order valence-corrected chi connectivity index (χ4v) is 5.04.